The van der Waals surface area contributed by atoms with E-state index in [2.05, 4.69) is 258 Å². The molecule has 0 aliphatic carbocycles. The van der Waals surface area contributed by atoms with E-state index in [0.29, 0.717) is 34.5 Å². The predicted octanol–water partition coefficient (Wildman–Crippen LogP) is 26.9. The second-order valence-corrected chi connectivity index (χ2v) is 27.7. The van der Waals surface area contributed by atoms with Crippen LogP contribution < -0.4 is 57.8 Å². The summed E-state index contributed by atoms with van der Waals surface area (Å²) in [6.07, 6.45) is 26.6. The van der Waals surface area contributed by atoms with Gasteiger partial charge in [-0.05, 0) is 223 Å². The molecule has 0 N–H and O–H groups in total. The van der Waals surface area contributed by atoms with Crippen molar-refractivity contribution in [3.63, 3.8) is 0 Å². The first-order valence-corrected chi connectivity index (χ1v) is 40.5. The molecule has 0 bridgehead atoms. The molecular weight excluding hydrogens is 1260 g/mol. The Morgan fingerprint density at radius 2 is 0.255 bits per heavy atom. The Bertz CT molecular complexity index is 2700. The van der Waals surface area contributed by atoms with Crippen LogP contribution in [0.15, 0.2) is 146 Å². The third-order valence-corrected chi connectivity index (χ3v) is 19.1. The third kappa shape index (κ3) is 25.8. The zero-order valence-electron chi connectivity index (χ0n) is 65.4. The fourth-order valence-electron chi connectivity index (χ4n) is 12.6. The van der Waals surface area contributed by atoms with E-state index in [0.717, 1.165) is 267 Å². The molecule has 7 aromatic carbocycles. The lowest BCUT2D eigenvalue weighted by Crippen LogP contribution is -2.25. The monoisotopic (exact) mass is 1390 g/mol. The second kappa shape index (κ2) is 46.7. The number of anilines is 6. The first kappa shape index (κ1) is 81.4. The van der Waals surface area contributed by atoms with Crippen molar-refractivity contribution in [3.05, 3.63) is 146 Å². The summed E-state index contributed by atoms with van der Waals surface area (Å²) in [6, 6.07) is 51.1. The smallest absolute Gasteiger partial charge is 0.220 e. The summed E-state index contributed by atoms with van der Waals surface area (Å²) in [5, 5.41) is 0. The van der Waals surface area contributed by atoms with Crippen molar-refractivity contribution < 1.29 is 28.4 Å². The van der Waals surface area contributed by atoms with Gasteiger partial charge >= 0.3 is 0 Å². The van der Waals surface area contributed by atoms with E-state index < -0.39 is 0 Å². The molecule has 12 nitrogen and oxygen atoms in total. The molecule has 558 valence electrons. The zero-order chi connectivity index (χ0) is 72.5. The minimum absolute atomic E-state index is 0.254. The first-order chi connectivity index (χ1) is 50.1. The van der Waals surface area contributed by atoms with Crippen molar-refractivity contribution in [2.24, 2.45) is 0 Å². The summed E-state index contributed by atoms with van der Waals surface area (Å²) < 4.78 is 45.5. The van der Waals surface area contributed by atoms with Gasteiger partial charge in [-0.1, -0.05) is 160 Å². The fourth-order valence-corrected chi connectivity index (χ4v) is 12.6. The van der Waals surface area contributed by atoms with Crippen LogP contribution in [0.25, 0.3) is 0 Å². The van der Waals surface area contributed by atoms with Crippen LogP contribution in [0.1, 0.15) is 237 Å². The van der Waals surface area contributed by atoms with Crippen LogP contribution in [-0.2, 0) is 0 Å². The molecule has 7 aromatic rings. The van der Waals surface area contributed by atoms with Gasteiger partial charge in [0.1, 0.15) is 34.5 Å². The van der Waals surface area contributed by atoms with Gasteiger partial charge in [-0.3, -0.25) is 0 Å². The highest BCUT2D eigenvalue weighted by Gasteiger charge is 2.35. The van der Waals surface area contributed by atoms with Crippen molar-refractivity contribution in [1.82, 2.24) is 0 Å². The van der Waals surface area contributed by atoms with Crippen LogP contribution in [0.5, 0.6) is 69.0 Å². The highest BCUT2D eigenvalue weighted by molar-refractivity contribution is 5.77. The molecule has 12 heteroatoms. The maximum atomic E-state index is 7.58. The average Bonchev–Trinajstić information content (AvgIpc) is 0.749. The van der Waals surface area contributed by atoms with Crippen molar-refractivity contribution >= 4 is 34.1 Å². The molecule has 0 saturated carbocycles. The Balaban J connectivity index is 1.60. The van der Waals surface area contributed by atoms with Gasteiger partial charge < -0.3 is 57.8 Å². The lowest BCUT2D eigenvalue weighted by molar-refractivity contribution is 0.326. The minimum atomic E-state index is 0.254. The molecule has 0 aliphatic heterocycles. The number of benzene rings is 7. The van der Waals surface area contributed by atoms with Gasteiger partial charge in [-0.25, -0.2) is 0 Å². The lowest BCUT2D eigenvalue weighted by atomic mass is 10.1. The van der Waals surface area contributed by atoms with Gasteiger partial charge in [-0.2, -0.15) is 0 Å². The summed E-state index contributed by atoms with van der Waals surface area (Å²) in [7, 11) is 0. The Morgan fingerprint density at radius 3 is 0.343 bits per heavy atom. The van der Waals surface area contributed by atoms with Gasteiger partial charge in [0.25, 0.3) is 0 Å². The Labute approximate surface area is 619 Å². The van der Waals surface area contributed by atoms with Gasteiger partial charge in [-0.15, -0.1) is 0 Å². The molecule has 0 heterocycles. The van der Waals surface area contributed by atoms with Crippen LogP contribution in [0.3, 0.4) is 0 Å². The summed E-state index contributed by atoms with van der Waals surface area (Å²) in [4.78, 5) is 15.0. The highest BCUT2D eigenvalue weighted by atomic mass is 16.6. The summed E-state index contributed by atoms with van der Waals surface area (Å²) in [6.45, 7) is 38.9. The largest absolute Gasteiger partial charge is 0.449 e. The van der Waals surface area contributed by atoms with Crippen LogP contribution >= 0.6 is 0 Å². The Kier molecular flexibility index (Phi) is 37.3. The second-order valence-electron chi connectivity index (χ2n) is 27.7. The molecule has 0 radical (unpaired) electrons. The number of ether oxygens (including phenoxy) is 6. The van der Waals surface area contributed by atoms with Crippen LogP contribution in [0, 0.1) is 0 Å². The number of nitrogens with zero attached hydrogens (tertiary/aromatic N) is 6. The third-order valence-electron chi connectivity index (χ3n) is 19.1. The molecule has 7 rings (SSSR count). The minimum Gasteiger partial charge on any atom is -0.449 e. The van der Waals surface area contributed by atoms with Gasteiger partial charge in [0.15, 0.2) is 0 Å². The van der Waals surface area contributed by atoms with Crippen molar-refractivity contribution in [1.29, 1.82) is 0 Å². The number of unbranched alkanes of at least 4 members (excludes halogenated alkanes) is 12. The van der Waals surface area contributed by atoms with Crippen molar-refractivity contribution in [2.75, 3.05) is 108 Å². The van der Waals surface area contributed by atoms with Gasteiger partial charge in [0.2, 0.25) is 34.5 Å². The van der Waals surface area contributed by atoms with E-state index in [4.69, 9.17) is 28.4 Å². The first-order valence-electron chi connectivity index (χ1n) is 40.5. The molecule has 0 saturated heterocycles. The van der Waals surface area contributed by atoms with Crippen LogP contribution in [-0.4, -0.2) is 78.5 Å². The molecule has 0 amide bonds. The van der Waals surface area contributed by atoms with E-state index >= 15 is 0 Å². The van der Waals surface area contributed by atoms with E-state index in [1.165, 1.54) is 0 Å². The summed E-state index contributed by atoms with van der Waals surface area (Å²) in [5.74, 6) is 5.02. The number of rotatable bonds is 54. The SMILES string of the molecule is CCCCN(CCCC)c1ccc(Oc2c(Oc3ccc(N(CCCC)CCCC)cc3)c(Oc3ccc(N(CCCC)CCCC)cc3)c(Oc3ccc(N(CCCC)CCCC)cc3)c(Oc3ccc(N(CCCC)CCCC)cc3)c2Oc2ccc(N(CCCC)CCCC)cc2)cc1. The lowest BCUT2D eigenvalue weighted by Gasteiger charge is -2.28. The molecule has 0 unspecified atom stereocenters. The zero-order valence-corrected chi connectivity index (χ0v) is 65.4. The number of hydrogen-bond donors (Lipinski definition) is 0. The van der Waals surface area contributed by atoms with E-state index in [1.54, 1.807) is 0 Å². The highest BCUT2D eigenvalue weighted by Crippen LogP contribution is 2.63. The topological polar surface area (TPSA) is 74.8 Å². The van der Waals surface area contributed by atoms with Crippen molar-refractivity contribution in [3.8, 4) is 69.0 Å². The van der Waals surface area contributed by atoms with Gasteiger partial charge in [0, 0.05) is 113 Å². The molecule has 0 aromatic heterocycles. The molecule has 0 spiro atoms. The van der Waals surface area contributed by atoms with Crippen molar-refractivity contribution in [2.45, 2.75) is 237 Å². The molecule has 0 fully saturated rings. The number of hydrogen-bond acceptors (Lipinski definition) is 12. The van der Waals surface area contributed by atoms with E-state index in [-0.39, 0.29) is 34.5 Å². The maximum absolute atomic E-state index is 7.58. The fraction of sp³-hybridized carbons (Fsp3) is 0.533. The van der Waals surface area contributed by atoms with E-state index in [9.17, 15) is 0 Å². The molecule has 102 heavy (non-hydrogen) atoms. The quantitative estimate of drug-likeness (QED) is 0.0364. The summed E-state index contributed by atoms with van der Waals surface area (Å²) in [5.41, 5.74) is 6.89. The van der Waals surface area contributed by atoms with Crippen LogP contribution in [0.4, 0.5) is 34.1 Å². The van der Waals surface area contributed by atoms with E-state index in [1.807, 2.05) is 0 Å². The normalized spacial score (nSPS) is 11.2. The molecular formula is C90H132N6O6. The standard InChI is InChI=1S/C90H132N6O6/c1-13-25-61-91(62-26-14-2)73-37-49-79(50-38-73)97-85-86(98-80-51-39-74(40-52-80)92(63-27-15-3)64-28-16-4)88(100-82-55-43-76(44-56-82)94(67-31-19-7)68-32-20-8)90(102-84-59-47-78(48-60-84)96(71-35-23-11)72-36-24-12)89(101-83-57-45-77(46-58-83)95(69-33-21-9)70-34-22-10)87(85)99-81-53-41-75(42-54-81)93(65-29-17-5)66-30-18-6/h37-60H,13-36,61-72H2,1-12H3. The predicted molar refractivity (Wildman–Crippen MR) is 438 cm³/mol. The average molecular weight is 1390 g/mol. The molecule has 0 atom stereocenters. The summed E-state index contributed by atoms with van der Waals surface area (Å²) >= 11 is 0. The maximum Gasteiger partial charge on any atom is 0.220 e. The Hall–Kier alpha value is -7.86. The van der Waals surface area contributed by atoms with Gasteiger partial charge in [0.05, 0.1) is 0 Å². The van der Waals surface area contributed by atoms with Crippen LogP contribution in [0.2, 0.25) is 0 Å². The molecule has 0 aliphatic rings. The Morgan fingerprint density at radius 1 is 0.157 bits per heavy atom.